The van der Waals surface area contributed by atoms with E-state index in [4.69, 9.17) is 9.47 Å². The number of phenolic OH excluding ortho intramolecular Hbond substituents is 2. The summed E-state index contributed by atoms with van der Waals surface area (Å²) in [7, 11) is 1.18. The number of esters is 1. The van der Waals surface area contributed by atoms with Crippen LogP contribution in [0.2, 0.25) is 0 Å². The quantitative estimate of drug-likeness (QED) is 0.420. The second-order valence-corrected chi connectivity index (χ2v) is 6.75. The molecule has 9 nitrogen and oxygen atoms in total. The lowest BCUT2D eigenvalue weighted by Crippen LogP contribution is -2.51. The Balaban J connectivity index is 2.29. The van der Waals surface area contributed by atoms with Crippen LogP contribution in [-0.4, -0.2) is 56.8 Å². The van der Waals surface area contributed by atoms with E-state index in [1.54, 1.807) is 0 Å². The van der Waals surface area contributed by atoms with Crippen molar-refractivity contribution in [2.75, 3.05) is 7.11 Å². The Bertz CT molecular complexity index is 910. The van der Waals surface area contributed by atoms with Gasteiger partial charge in [-0.1, -0.05) is 0 Å². The van der Waals surface area contributed by atoms with Crippen molar-refractivity contribution in [3.63, 3.8) is 0 Å². The van der Waals surface area contributed by atoms with Gasteiger partial charge in [0.2, 0.25) is 5.78 Å². The lowest BCUT2D eigenvalue weighted by Gasteiger charge is -2.41. The van der Waals surface area contributed by atoms with Gasteiger partial charge < -0.3 is 29.9 Å². The van der Waals surface area contributed by atoms with Gasteiger partial charge in [-0.2, -0.15) is 0 Å². The molecule has 0 saturated heterocycles. The number of carbonyl (C=O) groups is 3. The van der Waals surface area contributed by atoms with Gasteiger partial charge >= 0.3 is 5.97 Å². The number of ether oxygens (including phenoxy) is 2. The Hall–Kier alpha value is -2.91. The number of phenols is 2. The van der Waals surface area contributed by atoms with E-state index >= 15 is 0 Å². The predicted octanol–water partition coefficient (Wildman–Crippen LogP) is 0.279. The largest absolute Gasteiger partial charge is 0.507 e. The minimum Gasteiger partial charge on any atom is -0.507 e. The first kappa shape index (κ1) is 18.9. The van der Waals surface area contributed by atoms with E-state index < -0.39 is 58.0 Å². The van der Waals surface area contributed by atoms with Gasteiger partial charge in [-0.3, -0.25) is 14.4 Å². The lowest BCUT2D eigenvalue weighted by atomic mass is 9.73. The van der Waals surface area contributed by atoms with E-state index in [0.29, 0.717) is 0 Å². The van der Waals surface area contributed by atoms with Gasteiger partial charge in [-0.05, 0) is 6.92 Å². The molecular weight excluding hydrogens is 360 g/mol. The fourth-order valence-electron chi connectivity index (χ4n) is 3.60. The summed E-state index contributed by atoms with van der Waals surface area (Å²) in [5.74, 6) is -4.09. The van der Waals surface area contributed by atoms with Crippen molar-refractivity contribution in [2.24, 2.45) is 0 Å². The standard InChI is InChI=1S/C18H18O9/c1-6(19)27-17-16(24)10-7(5-18(17,2)25)13(21)12-11(15(10)23)8(20)4-9(26-3)14(12)22/h4,16-17,21,23-25H,5H2,1-3H3/t16-,17+,18-/m0/s1. The number of rotatable bonds is 2. The highest BCUT2D eigenvalue weighted by atomic mass is 16.6. The molecule has 144 valence electrons. The fourth-order valence-corrected chi connectivity index (χ4v) is 3.60. The van der Waals surface area contributed by atoms with Gasteiger partial charge in [0.1, 0.15) is 23.2 Å². The molecule has 1 aromatic carbocycles. The van der Waals surface area contributed by atoms with Gasteiger partial charge in [-0.15, -0.1) is 0 Å². The number of carbonyl (C=O) groups excluding carboxylic acids is 3. The first-order valence-corrected chi connectivity index (χ1v) is 8.04. The molecule has 9 heteroatoms. The summed E-state index contributed by atoms with van der Waals surface area (Å²) in [5, 5.41) is 42.5. The number of hydrogen-bond acceptors (Lipinski definition) is 9. The van der Waals surface area contributed by atoms with Crippen molar-refractivity contribution in [3.05, 3.63) is 34.1 Å². The molecule has 3 atom stereocenters. The lowest BCUT2D eigenvalue weighted by molar-refractivity contribution is -0.180. The number of hydrogen-bond donors (Lipinski definition) is 4. The first-order valence-electron chi connectivity index (χ1n) is 8.04. The molecule has 2 aliphatic carbocycles. The zero-order valence-corrected chi connectivity index (χ0v) is 14.8. The second-order valence-electron chi connectivity index (χ2n) is 6.75. The van der Waals surface area contributed by atoms with Crippen molar-refractivity contribution in [2.45, 2.75) is 38.1 Å². The van der Waals surface area contributed by atoms with Crippen LogP contribution in [0.5, 0.6) is 11.5 Å². The van der Waals surface area contributed by atoms with Crippen LogP contribution in [0.1, 0.15) is 51.8 Å². The number of aliphatic hydroxyl groups excluding tert-OH is 1. The summed E-state index contributed by atoms with van der Waals surface area (Å²) >= 11 is 0. The van der Waals surface area contributed by atoms with Gasteiger partial charge in [0, 0.05) is 30.5 Å². The number of benzene rings is 1. The summed E-state index contributed by atoms with van der Waals surface area (Å²) in [5.41, 5.74) is -3.16. The summed E-state index contributed by atoms with van der Waals surface area (Å²) < 4.78 is 9.82. The van der Waals surface area contributed by atoms with Crippen LogP contribution in [0, 0.1) is 0 Å². The maximum atomic E-state index is 12.5. The van der Waals surface area contributed by atoms with E-state index in [-0.39, 0.29) is 23.3 Å². The molecule has 0 unspecified atom stereocenters. The van der Waals surface area contributed by atoms with Gasteiger partial charge in [0.05, 0.1) is 18.2 Å². The van der Waals surface area contributed by atoms with Crippen LogP contribution in [0.3, 0.4) is 0 Å². The summed E-state index contributed by atoms with van der Waals surface area (Å²) in [6, 6.07) is 0. The number of ketones is 2. The summed E-state index contributed by atoms with van der Waals surface area (Å²) in [6.45, 7) is 2.36. The van der Waals surface area contributed by atoms with Crippen LogP contribution < -0.4 is 0 Å². The SMILES string of the molecule is COC1=CC(=O)c2c(O)c3c(c(O)c2C1=O)C[C@](C)(O)[C@H](OC(C)=O)[C@H]3O. The van der Waals surface area contributed by atoms with Crippen LogP contribution in [-0.2, 0) is 20.7 Å². The van der Waals surface area contributed by atoms with Crippen molar-refractivity contribution in [1.29, 1.82) is 0 Å². The molecule has 1 aromatic rings. The van der Waals surface area contributed by atoms with E-state index in [9.17, 15) is 34.8 Å². The fraction of sp³-hybridized carbons (Fsp3) is 0.389. The second kappa shape index (κ2) is 6.07. The number of Topliss-reactive ketones (excluding diaryl/α,β-unsaturated/α-hetero) is 1. The number of aliphatic hydroxyl groups is 2. The zero-order valence-electron chi connectivity index (χ0n) is 14.8. The molecule has 0 amide bonds. The Kier molecular flexibility index (Phi) is 4.24. The Morgan fingerprint density at radius 3 is 2.41 bits per heavy atom. The monoisotopic (exact) mass is 378 g/mol. The van der Waals surface area contributed by atoms with E-state index in [1.807, 2.05) is 0 Å². The Morgan fingerprint density at radius 1 is 1.22 bits per heavy atom. The van der Waals surface area contributed by atoms with Gasteiger partial charge in [0.15, 0.2) is 17.6 Å². The van der Waals surface area contributed by atoms with E-state index in [2.05, 4.69) is 0 Å². The van der Waals surface area contributed by atoms with Gasteiger partial charge in [0.25, 0.3) is 0 Å². The highest BCUT2D eigenvalue weighted by Gasteiger charge is 2.50. The van der Waals surface area contributed by atoms with Crippen LogP contribution in [0.15, 0.2) is 11.8 Å². The number of fused-ring (bicyclic) bond motifs is 2. The smallest absolute Gasteiger partial charge is 0.303 e. The van der Waals surface area contributed by atoms with E-state index in [0.717, 1.165) is 13.0 Å². The van der Waals surface area contributed by atoms with E-state index in [1.165, 1.54) is 14.0 Å². The highest BCUT2D eigenvalue weighted by molar-refractivity contribution is 6.26. The van der Waals surface area contributed by atoms with Crippen LogP contribution in [0.4, 0.5) is 0 Å². The molecule has 3 rings (SSSR count). The Morgan fingerprint density at radius 2 is 1.85 bits per heavy atom. The molecule has 0 heterocycles. The average molecular weight is 378 g/mol. The van der Waals surface area contributed by atoms with Crippen molar-refractivity contribution < 1.29 is 44.3 Å². The van der Waals surface area contributed by atoms with Crippen molar-refractivity contribution in [3.8, 4) is 11.5 Å². The van der Waals surface area contributed by atoms with Crippen LogP contribution in [0.25, 0.3) is 0 Å². The third kappa shape index (κ3) is 2.66. The van der Waals surface area contributed by atoms with Crippen molar-refractivity contribution >= 4 is 17.5 Å². The minimum absolute atomic E-state index is 0.120. The zero-order chi connectivity index (χ0) is 20.3. The van der Waals surface area contributed by atoms with Crippen molar-refractivity contribution in [1.82, 2.24) is 0 Å². The molecule has 0 radical (unpaired) electrons. The molecule has 2 aliphatic rings. The number of methoxy groups -OCH3 is 1. The third-order valence-electron chi connectivity index (χ3n) is 4.79. The molecule has 0 bridgehead atoms. The molecule has 0 aromatic heterocycles. The number of aromatic hydroxyl groups is 2. The minimum atomic E-state index is -1.81. The summed E-state index contributed by atoms with van der Waals surface area (Å²) in [4.78, 5) is 36.2. The summed E-state index contributed by atoms with van der Waals surface area (Å²) in [6.07, 6.45) is -2.67. The normalized spacial score (nSPS) is 26.8. The molecule has 0 fully saturated rings. The molecule has 0 aliphatic heterocycles. The molecular formula is C18H18O9. The number of allylic oxidation sites excluding steroid dienone is 2. The molecule has 27 heavy (non-hydrogen) atoms. The highest BCUT2D eigenvalue weighted by Crippen LogP contribution is 2.50. The maximum Gasteiger partial charge on any atom is 0.303 e. The van der Waals surface area contributed by atoms with Gasteiger partial charge in [-0.25, -0.2) is 0 Å². The van der Waals surface area contributed by atoms with Crippen LogP contribution >= 0.6 is 0 Å². The first-order chi connectivity index (χ1) is 12.5. The average Bonchev–Trinajstić information content (AvgIpc) is 2.57. The molecule has 4 N–H and O–H groups in total. The maximum absolute atomic E-state index is 12.5. The molecule has 0 saturated carbocycles. The Labute approximate surface area is 153 Å². The molecule has 0 spiro atoms. The third-order valence-corrected chi connectivity index (χ3v) is 4.79. The predicted molar refractivity (Wildman–Crippen MR) is 88.4 cm³/mol. The topological polar surface area (TPSA) is 151 Å².